The minimum absolute atomic E-state index is 0.0142. The topological polar surface area (TPSA) is 63.7 Å². The van der Waals surface area contributed by atoms with Gasteiger partial charge >= 0.3 is 16.3 Å². The number of halogens is 3. The number of benzene rings is 2. The minimum Gasteiger partial charge on any atom is -0.379 e. The summed E-state index contributed by atoms with van der Waals surface area (Å²) in [4.78, 5) is 14.1. The molecular weight excluding hydrogens is 443 g/mol. The summed E-state index contributed by atoms with van der Waals surface area (Å²) in [5.41, 5.74) is -0.611. The number of carbonyl (C=O) groups is 1. The van der Waals surface area contributed by atoms with E-state index in [4.69, 9.17) is 4.18 Å². The van der Waals surface area contributed by atoms with Gasteiger partial charge in [-0.15, -0.1) is 0 Å². The molecule has 1 saturated carbocycles. The van der Waals surface area contributed by atoms with Crippen LogP contribution >= 0.6 is 0 Å². The summed E-state index contributed by atoms with van der Waals surface area (Å²) in [6.07, 6.45) is -1.26. The van der Waals surface area contributed by atoms with Crippen LogP contribution in [0.3, 0.4) is 0 Å². The Morgan fingerprint density at radius 3 is 2.44 bits per heavy atom. The zero-order chi connectivity index (χ0) is 23.5. The molecule has 1 atom stereocenters. The Kier molecular flexibility index (Phi) is 7.17. The maximum Gasteiger partial charge on any atom is 0.416 e. The number of nitrogens with zero attached hydrogens (tertiary/aromatic N) is 1. The maximum atomic E-state index is 13.0. The Morgan fingerprint density at radius 1 is 1.16 bits per heavy atom. The van der Waals surface area contributed by atoms with Gasteiger partial charge in [0.05, 0.1) is 5.56 Å². The molecule has 0 aromatic heterocycles. The number of para-hydroxylation sites is 1. The molecule has 0 bridgehead atoms. The molecule has 0 radical (unpaired) electrons. The van der Waals surface area contributed by atoms with E-state index in [-0.39, 0.29) is 30.2 Å². The number of alkyl halides is 3. The van der Waals surface area contributed by atoms with Gasteiger partial charge in [-0.05, 0) is 50.5 Å². The number of hydrogen-bond donors (Lipinski definition) is 0. The van der Waals surface area contributed by atoms with Gasteiger partial charge in [-0.25, -0.2) is 0 Å². The van der Waals surface area contributed by atoms with Crippen molar-refractivity contribution >= 4 is 16.0 Å². The van der Waals surface area contributed by atoms with Gasteiger partial charge in [-0.3, -0.25) is 4.79 Å². The lowest BCUT2D eigenvalue weighted by Crippen LogP contribution is -2.43. The van der Waals surface area contributed by atoms with Gasteiger partial charge < -0.3 is 9.08 Å². The van der Waals surface area contributed by atoms with Crippen molar-refractivity contribution in [3.63, 3.8) is 0 Å². The highest BCUT2D eigenvalue weighted by molar-refractivity contribution is 7.87. The molecule has 0 aliphatic heterocycles. The molecule has 0 heterocycles. The quantitative estimate of drug-likeness (QED) is 0.486. The number of rotatable bonds is 8. The third kappa shape index (κ3) is 5.43. The van der Waals surface area contributed by atoms with Crippen LogP contribution in [0.25, 0.3) is 0 Å². The number of hydrogen-bond acceptors (Lipinski definition) is 4. The van der Waals surface area contributed by atoms with Crippen molar-refractivity contribution < 1.29 is 30.6 Å². The summed E-state index contributed by atoms with van der Waals surface area (Å²) in [6.45, 7) is 4.05. The van der Waals surface area contributed by atoms with E-state index in [0.29, 0.717) is 11.6 Å². The summed E-state index contributed by atoms with van der Waals surface area (Å²) in [7, 11) is -4.51. The second kappa shape index (κ2) is 9.52. The molecule has 3 rings (SSSR count). The molecule has 0 N–H and O–H groups in total. The predicted octanol–water partition coefficient (Wildman–Crippen LogP) is 5.40. The van der Waals surface area contributed by atoms with E-state index in [1.807, 2.05) is 13.8 Å². The smallest absolute Gasteiger partial charge is 0.379 e. The van der Waals surface area contributed by atoms with Crippen molar-refractivity contribution in [1.29, 1.82) is 0 Å². The Balaban J connectivity index is 1.88. The predicted molar refractivity (Wildman–Crippen MR) is 113 cm³/mol. The van der Waals surface area contributed by atoms with E-state index in [2.05, 4.69) is 0 Å². The zero-order valence-corrected chi connectivity index (χ0v) is 18.7. The highest BCUT2D eigenvalue weighted by Crippen LogP contribution is 2.33. The van der Waals surface area contributed by atoms with E-state index in [1.54, 1.807) is 23.1 Å². The van der Waals surface area contributed by atoms with Crippen LogP contribution in [0.2, 0.25) is 0 Å². The van der Waals surface area contributed by atoms with Crippen molar-refractivity contribution in [2.24, 2.45) is 5.92 Å². The molecule has 32 heavy (non-hydrogen) atoms. The second-order valence-electron chi connectivity index (χ2n) is 8.02. The second-order valence-corrected chi connectivity index (χ2v) is 9.57. The molecule has 1 aliphatic rings. The molecule has 2 aromatic carbocycles. The van der Waals surface area contributed by atoms with Crippen LogP contribution in [0.5, 0.6) is 5.75 Å². The van der Waals surface area contributed by atoms with Crippen LogP contribution in [-0.4, -0.2) is 25.3 Å². The Bertz CT molecular complexity index is 1060. The van der Waals surface area contributed by atoms with Crippen molar-refractivity contribution in [3.05, 3.63) is 59.7 Å². The molecule has 9 heteroatoms. The standard InChI is InChI=1S/C23H26F3NO4S/c1-3-16(2)27(22(28)17-9-6-10-17)15-18-8-4-5-13-21(18)31-32(29,30)20-12-7-11-19(14-20)23(24,25)26/h4-5,7-8,11-14,16-17H,3,6,9-10,15H2,1-2H3/t16-/m0/s1. The number of carbonyl (C=O) groups excluding carboxylic acids is 1. The summed E-state index contributed by atoms with van der Waals surface area (Å²) < 4.78 is 69.7. The van der Waals surface area contributed by atoms with Gasteiger partial charge in [-0.1, -0.05) is 37.6 Å². The molecule has 5 nitrogen and oxygen atoms in total. The highest BCUT2D eigenvalue weighted by atomic mass is 32.2. The van der Waals surface area contributed by atoms with Crippen molar-refractivity contribution in [1.82, 2.24) is 4.90 Å². The highest BCUT2D eigenvalue weighted by Gasteiger charge is 2.33. The monoisotopic (exact) mass is 469 g/mol. The maximum absolute atomic E-state index is 13.0. The van der Waals surface area contributed by atoms with E-state index >= 15 is 0 Å². The third-order valence-electron chi connectivity index (χ3n) is 5.82. The SMILES string of the molecule is CC[C@H](C)N(Cc1ccccc1OS(=O)(=O)c1cccc(C(F)(F)F)c1)C(=O)C1CCC1. The first kappa shape index (κ1) is 24.1. The summed E-state index contributed by atoms with van der Waals surface area (Å²) >= 11 is 0. The minimum atomic E-state index is -4.68. The third-order valence-corrected chi connectivity index (χ3v) is 7.05. The van der Waals surface area contributed by atoms with Gasteiger partial charge in [0.1, 0.15) is 10.6 Å². The molecular formula is C23H26F3NO4S. The molecule has 0 spiro atoms. The Hall–Kier alpha value is -2.55. The van der Waals surface area contributed by atoms with Crippen molar-refractivity contribution in [2.45, 2.75) is 63.2 Å². The van der Waals surface area contributed by atoms with Gasteiger partial charge in [0.25, 0.3) is 0 Å². The first-order valence-electron chi connectivity index (χ1n) is 10.5. The van der Waals surface area contributed by atoms with Gasteiger partial charge in [0, 0.05) is 24.1 Å². The van der Waals surface area contributed by atoms with Crippen molar-refractivity contribution in [2.75, 3.05) is 0 Å². The van der Waals surface area contributed by atoms with Crippen LogP contribution in [0, 0.1) is 5.92 Å². The van der Waals surface area contributed by atoms with Gasteiger partial charge in [0.2, 0.25) is 5.91 Å². The fraction of sp³-hybridized carbons (Fsp3) is 0.435. The van der Waals surface area contributed by atoms with Crippen LogP contribution in [0.4, 0.5) is 13.2 Å². The average Bonchev–Trinajstić information content (AvgIpc) is 2.70. The molecule has 0 saturated heterocycles. The first-order chi connectivity index (χ1) is 15.0. The lowest BCUT2D eigenvalue weighted by molar-refractivity contribution is -0.141. The van der Waals surface area contributed by atoms with Gasteiger partial charge in [0.15, 0.2) is 0 Å². The summed E-state index contributed by atoms with van der Waals surface area (Å²) in [6, 6.07) is 9.71. The van der Waals surface area contributed by atoms with Crippen LogP contribution in [0.15, 0.2) is 53.4 Å². The van der Waals surface area contributed by atoms with E-state index in [9.17, 15) is 26.4 Å². The molecule has 174 valence electrons. The van der Waals surface area contributed by atoms with E-state index in [1.165, 1.54) is 6.07 Å². The molecule has 1 aliphatic carbocycles. The van der Waals surface area contributed by atoms with E-state index in [0.717, 1.165) is 43.9 Å². The lowest BCUT2D eigenvalue weighted by Gasteiger charge is -2.35. The lowest BCUT2D eigenvalue weighted by atomic mass is 9.84. The normalized spacial score (nSPS) is 15.7. The van der Waals surface area contributed by atoms with Crippen molar-refractivity contribution in [3.8, 4) is 5.75 Å². The first-order valence-corrected chi connectivity index (χ1v) is 11.9. The Morgan fingerprint density at radius 2 is 1.84 bits per heavy atom. The zero-order valence-electron chi connectivity index (χ0n) is 17.9. The van der Waals surface area contributed by atoms with Crippen LogP contribution in [0.1, 0.15) is 50.7 Å². The molecule has 1 amide bonds. The molecule has 2 aromatic rings. The molecule has 0 unspecified atom stereocenters. The largest absolute Gasteiger partial charge is 0.416 e. The average molecular weight is 470 g/mol. The fourth-order valence-electron chi connectivity index (χ4n) is 3.45. The van der Waals surface area contributed by atoms with Crippen LogP contribution in [-0.2, 0) is 27.6 Å². The fourth-order valence-corrected chi connectivity index (χ4v) is 4.47. The van der Waals surface area contributed by atoms with E-state index < -0.39 is 26.8 Å². The van der Waals surface area contributed by atoms with Crippen LogP contribution < -0.4 is 4.18 Å². The summed E-state index contributed by atoms with van der Waals surface area (Å²) in [5, 5.41) is 0. The summed E-state index contributed by atoms with van der Waals surface area (Å²) in [5.74, 6) is -0.00770. The molecule has 1 fully saturated rings. The number of amides is 1. The Labute approximate surface area is 186 Å². The van der Waals surface area contributed by atoms with Gasteiger partial charge in [-0.2, -0.15) is 21.6 Å².